The second-order valence-corrected chi connectivity index (χ2v) is 4.28. The fourth-order valence-electron chi connectivity index (χ4n) is 1.46. The van der Waals surface area contributed by atoms with E-state index in [0.717, 1.165) is 17.7 Å². The van der Waals surface area contributed by atoms with Gasteiger partial charge in [0.2, 0.25) is 0 Å². The zero-order valence-electron chi connectivity index (χ0n) is 9.28. The van der Waals surface area contributed by atoms with E-state index in [9.17, 15) is 5.11 Å². The molecule has 0 radical (unpaired) electrons. The van der Waals surface area contributed by atoms with Crippen LogP contribution in [0.25, 0.3) is 0 Å². The lowest BCUT2D eigenvalue weighted by atomic mass is 9.92. The average molecular weight is 197 g/mol. The van der Waals surface area contributed by atoms with E-state index in [4.69, 9.17) is 5.73 Å². The molecule has 4 nitrogen and oxygen atoms in total. The van der Waals surface area contributed by atoms with Crippen LogP contribution in [0.2, 0.25) is 0 Å². The Labute approximate surface area is 84.7 Å². The van der Waals surface area contributed by atoms with Crippen LogP contribution in [0, 0.1) is 0 Å². The predicted molar refractivity (Wildman–Crippen MR) is 55.8 cm³/mol. The number of hydrogen-bond acceptors (Lipinski definition) is 3. The highest BCUT2D eigenvalue weighted by molar-refractivity contribution is 5.22. The van der Waals surface area contributed by atoms with Gasteiger partial charge in [0, 0.05) is 24.3 Å². The molecule has 3 N–H and O–H groups in total. The monoisotopic (exact) mass is 197 g/mol. The Bertz CT molecular complexity index is 312. The second kappa shape index (κ2) is 3.71. The molecule has 1 aromatic rings. The number of rotatable bonds is 3. The van der Waals surface area contributed by atoms with Gasteiger partial charge < -0.3 is 10.8 Å². The number of aliphatic hydroxyl groups excluding tert-OH is 1. The molecule has 0 aliphatic heterocycles. The van der Waals surface area contributed by atoms with Crippen LogP contribution >= 0.6 is 0 Å². The quantitative estimate of drug-likeness (QED) is 0.751. The third-order valence-electron chi connectivity index (χ3n) is 2.27. The first-order valence-electron chi connectivity index (χ1n) is 4.85. The normalized spacial score (nSPS) is 14.4. The number of aliphatic hydroxyl groups is 1. The minimum absolute atomic E-state index is 0.632. The molecule has 0 aromatic carbocycles. The van der Waals surface area contributed by atoms with Crippen LogP contribution in [-0.4, -0.2) is 20.4 Å². The van der Waals surface area contributed by atoms with Crippen LogP contribution in [0.15, 0.2) is 6.20 Å². The molecule has 0 amide bonds. The lowest BCUT2D eigenvalue weighted by molar-refractivity contribution is 0.104. The second-order valence-electron chi connectivity index (χ2n) is 4.28. The molecule has 14 heavy (non-hydrogen) atoms. The molecule has 1 heterocycles. The van der Waals surface area contributed by atoms with Crippen molar-refractivity contribution in [3.8, 4) is 0 Å². The van der Waals surface area contributed by atoms with Crippen molar-refractivity contribution in [2.24, 2.45) is 12.8 Å². The summed E-state index contributed by atoms with van der Waals surface area (Å²) in [7, 11) is 1.85. The van der Waals surface area contributed by atoms with Gasteiger partial charge in [0.05, 0.1) is 11.8 Å². The molecule has 0 spiro atoms. The van der Waals surface area contributed by atoms with Gasteiger partial charge in [-0.15, -0.1) is 0 Å². The lowest BCUT2D eigenvalue weighted by Gasteiger charge is -2.25. The van der Waals surface area contributed by atoms with E-state index in [1.165, 1.54) is 0 Å². The summed E-state index contributed by atoms with van der Waals surface area (Å²) >= 11 is 0. The van der Waals surface area contributed by atoms with Crippen LogP contribution in [0.1, 0.15) is 38.1 Å². The lowest BCUT2D eigenvalue weighted by Crippen LogP contribution is -2.39. The minimum Gasteiger partial charge on any atom is -0.386 e. The summed E-state index contributed by atoms with van der Waals surface area (Å²) in [5.41, 5.74) is 6.98. The number of nitrogens with zero attached hydrogens (tertiary/aromatic N) is 2. The van der Waals surface area contributed by atoms with Gasteiger partial charge in [-0.3, -0.25) is 4.68 Å². The summed E-state index contributed by atoms with van der Waals surface area (Å²) in [6, 6.07) is 0. The highest BCUT2D eigenvalue weighted by Crippen LogP contribution is 2.25. The van der Waals surface area contributed by atoms with Crippen molar-refractivity contribution in [1.82, 2.24) is 9.78 Å². The van der Waals surface area contributed by atoms with E-state index in [0.29, 0.717) is 0 Å². The molecule has 1 aromatic heterocycles. The molecule has 0 aliphatic carbocycles. The van der Waals surface area contributed by atoms with Gasteiger partial charge in [0.1, 0.15) is 0 Å². The minimum atomic E-state index is -0.661. The van der Waals surface area contributed by atoms with Crippen molar-refractivity contribution < 1.29 is 5.11 Å². The molecule has 0 bridgehead atoms. The van der Waals surface area contributed by atoms with Gasteiger partial charge in [0.25, 0.3) is 0 Å². The maximum atomic E-state index is 10.0. The van der Waals surface area contributed by atoms with Crippen LogP contribution in [-0.2, 0) is 13.5 Å². The Morgan fingerprint density at radius 2 is 2.21 bits per heavy atom. The first kappa shape index (κ1) is 11.2. The molecule has 4 heteroatoms. The van der Waals surface area contributed by atoms with E-state index in [1.54, 1.807) is 4.68 Å². The SMILES string of the molecule is CCc1nn(C)cc1C(O)C(C)(C)N. The number of aromatic nitrogens is 2. The van der Waals surface area contributed by atoms with Crippen molar-refractivity contribution in [1.29, 1.82) is 0 Å². The summed E-state index contributed by atoms with van der Waals surface area (Å²) in [4.78, 5) is 0. The Morgan fingerprint density at radius 3 is 2.64 bits per heavy atom. The fourth-order valence-corrected chi connectivity index (χ4v) is 1.46. The van der Waals surface area contributed by atoms with E-state index >= 15 is 0 Å². The molecule has 1 rings (SSSR count). The molecule has 1 unspecified atom stereocenters. The van der Waals surface area contributed by atoms with Gasteiger partial charge in [-0.05, 0) is 20.3 Å². The molecule has 0 saturated heterocycles. The number of hydrogen-bond donors (Lipinski definition) is 2. The topological polar surface area (TPSA) is 64.1 Å². The van der Waals surface area contributed by atoms with Crippen LogP contribution in [0.5, 0.6) is 0 Å². The smallest absolute Gasteiger partial charge is 0.0996 e. The third kappa shape index (κ3) is 2.13. The fraction of sp³-hybridized carbons (Fsp3) is 0.700. The van der Waals surface area contributed by atoms with E-state index in [-0.39, 0.29) is 0 Å². The summed E-state index contributed by atoms with van der Waals surface area (Å²) in [5.74, 6) is 0. The molecule has 0 fully saturated rings. The Morgan fingerprint density at radius 1 is 1.64 bits per heavy atom. The van der Waals surface area contributed by atoms with Crippen molar-refractivity contribution in [3.05, 3.63) is 17.5 Å². The van der Waals surface area contributed by atoms with Gasteiger partial charge in [0.15, 0.2) is 0 Å². The Balaban J connectivity index is 3.05. The van der Waals surface area contributed by atoms with Gasteiger partial charge >= 0.3 is 0 Å². The molecule has 80 valence electrons. The third-order valence-corrected chi connectivity index (χ3v) is 2.27. The average Bonchev–Trinajstić information content (AvgIpc) is 2.43. The van der Waals surface area contributed by atoms with E-state index in [1.807, 2.05) is 34.0 Å². The molecular formula is C10H19N3O. The number of aryl methyl sites for hydroxylation is 2. The maximum Gasteiger partial charge on any atom is 0.0996 e. The summed E-state index contributed by atoms with van der Waals surface area (Å²) in [6.07, 6.45) is 1.98. The Hall–Kier alpha value is -0.870. The molecule has 0 saturated carbocycles. The van der Waals surface area contributed by atoms with Crippen LogP contribution < -0.4 is 5.73 Å². The van der Waals surface area contributed by atoms with Crippen molar-refractivity contribution in [3.63, 3.8) is 0 Å². The highest BCUT2D eigenvalue weighted by Gasteiger charge is 2.27. The van der Waals surface area contributed by atoms with Crippen LogP contribution in [0.4, 0.5) is 0 Å². The standard InChI is InChI=1S/C10H19N3O/c1-5-8-7(6-13(4)12-8)9(14)10(2,3)11/h6,9,14H,5,11H2,1-4H3. The zero-order chi connectivity index (χ0) is 10.9. The maximum absolute atomic E-state index is 10.0. The van der Waals surface area contributed by atoms with Crippen molar-refractivity contribution in [2.45, 2.75) is 38.8 Å². The van der Waals surface area contributed by atoms with Gasteiger partial charge in [-0.2, -0.15) is 5.10 Å². The summed E-state index contributed by atoms with van der Waals surface area (Å²) < 4.78 is 1.71. The molecule has 0 aliphatic rings. The number of nitrogens with two attached hydrogens (primary N) is 1. The van der Waals surface area contributed by atoms with Crippen LogP contribution in [0.3, 0.4) is 0 Å². The van der Waals surface area contributed by atoms with E-state index < -0.39 is 11.6 Å². The summed E-state index contributed by atoms with van der Waals surface area (Å²) in [6.45, 7) is 5.64. The highest BCUT2D eigenvalue weighted by atomic mass is 16.3. The Kier molecular flexibility index (Phi) is 2.97. The zero-order valence-corrected chi connectivity index (χ0v) is 9.28. The van der Waals surface area contributed by atoms with Crippen molar-refractivity contribution in [2.75, 3.05) is 0 Å². The molecule has 1 atom stereocenters. The van der Waals surface area contributed by atoms with Gasteiger partial charge in [-0.25, -0.2) is 0 Å². The largest absolute Gasteiger partial charge is 0.386 e. The van der Waals surface area contributed by atoms with Gasteiger partial charge in [-0.1, -0.05) is 6.92 Å². The first-order valence-corrected chi connectivity index (χ1v) is 4.85. The predicted octanol–water partition coefficient (Wildman–Crippen LogP) is 0.753. The first-order chi connectivity index (χ1) is 6.36. The van der Waals surface area contributed by atoms with E-state index in [2.05, 4.69) is 5.10 Å². The summed E-state index contributed by atoms with van der Waals surface area (Å²) in [5, 5.41) is 14.3. The molecular weight excluding hydrogens is 178 g/mol. The van der Waals surface area contributed by atoms with Crippen molar-refractivity contribution >= 4 is 0 Å².